The number of pyridine rings is 1. The maximum atomic E-state index is 6.35. The van der Waals surface area contributed by atoms with Crippen LogP contribution in [0.3, 0.4) is 0 Å². The maximum Gasteiger partial charge on any atom is 0.195 e. The summed E-state index contributed by atoms with van der Waals surface area (Å²) in [6.45, 7) is 2.14. The first-order valence-electron chi connectivity index (χ1n) is 5.51. The number of hydrogen-bond donors (Lipinski definition) is 3. The Hall–Kier alpha value is -1.62. The van der Waals surface area contributed by atoms with E-state index in [1.54, 1.807) is 12.4 Å². The Kier molecular flexibility index (Phi) is 2.78. The van der Waals surface area contributed by atoms with Gasteiger partial charge in [0.1, 0.15) is 5.66 Å². The number of nitrogens with zero attached hydrogens (tertiary/aromatic N) is 2. The summed E-state index contributed by atoms with van der Waals surface area (Å²) in [7, 11) is 0. The van der Waals surface area contributed by atoms with Crippen LogP contribution in [0.25, 0.3) is 0 Å². The van der Waals surface area contributed by atoms with Crippen molar-refractivity contribution in [2.45, 2.75) is 31.8 Å². The molecule has 5 N–H and O–H groups in total. The number of aliphatic imine (C=N–C) groups is 1. The fourth-order valence-corrected chi connectivity index (χ4v) is 1.96. The topological polar surface area (TPSA) is 89.3 Å². The van der Waals surface area contributed by atoms with E-state index in [0.717, 1.165) is 30.5 Å². The zero-order valence-electron chi connectivity index (χ0n) is 9.40. The molecule has 1 aliphatic rings. The van der Waals surface area contributed by atoms with Crippen LogP contribution in [-0.2, 0) is 5.66 Å². The number of unbranched alkanes of at least 4 members (excludes halogenated alkanes) is 1. The Balaban J connectivity index is 2.38. The van der Waals surface area contributed by atoms with E-state index in [9.17, 15) is 0 Å². The second-order valence-electron chi connectivity index (χ2n) is 4.09. The second kappa shape index (κ2) is 4.09. The molecule has 1 aromatic rings. The van der Waals surface area contributed by atoms with Gasteiger partial charge in [0.05, 0.1) is 11.9 Å². The molecule has 2 rings (SSSR count). The minimum atomic E-state index is -0.611. The van der Waals surface area contributed by atoms with E-state index in [1.807, 2.05) is 6.07 Å². The van der Waals surface area contributed by atoms with Gasteiger partial charge >= 0.3 is 0 Å². The van der Waals surface area contributed by atoms with E-state index in [4.69, 9.17) is 11.5 Å². The van der Waals surface area contributed by atoms with Crippen molar-refractivity contribution in [3.8, 4) is 0 Å². The highest BCUT2D eigenvalue weighted by Gasteiger charge is 2.32. The summed E-state index contributed by atoms with van der Waals surface area (Å²) in [4.78, 5) is 8.22. The van der Waals surface area contributed by atoms with Gasteiger partial charge < -0.3 is 16.8 Å². The van der Waals surface area contributed by atoms with E-state index in [0.29, 0.717) is 5.96 Å². The summed E-state index contributed by atoms with van der Waals surface area (Å²) in [5, 5.41) is 3.06. The Morgan fingerprint density at radius 3 is 3.06 bits per heavy atom. The standard InChI is InChI=1S/C11H17N5/c1-2-3-5-11(13)8-4-6-14-7-9(8)15-10(12)16-11/h4,6-7H,2-3,5,13H2,1H3,(H3,12,15,16). The van der Waals surface area contributed by atoms with E-state index >= 15 is 0 Å². The molecule has 0 aliphatic carbocycles. The van der Waals surface area contributed by atoms with Gasteiger partial charge in [0.25, 0.3) is 0 Å². The highest BCUT2D eigenvalue weighted by molar-refractivity contribution is 5.84. The van der Waals surface area contributed by atoms with Gasteiger partial charge in [-0.3, -0.25) is 4.98 Å². The highest BCUT2D eigenvalue weighted by Crippen LogP contribution is 2.32. The molecule has 0 fully saturated rings. The van der Waals surface area contributed by atoms with Crippen molar-refractivity contribution in [3.05, 3.63) is 24.0 Å². The van der Waals surface area contributed by atoms with Crippen molar-refractivity contribution in [2.24, 2.45) is 16.5 Å². The molecule has 0 amide bonds. The van der Waals surface area contributed by atoms with E-state index in [2.05, 4.69) is 22.2 Å². The van der Waals surface area contributed by atoms with Crippen LogP contribution in [-0.4, -0.2) is 10.9 Å². The van der Waals surface area contributed by atoms with Gasteiger partial charge in [-0.25, -0.2) is 4.99 Å². The lowest BCUT2D eigenvalue weighted by Gasteiger charge is -2.35. The fraction of sp³-hybridized carbons (Fsp3) is 0.455. The fourth-order valence-electron chi connectivity index (χ4n) is 1.96. The Bertz CT molecular complexity index is 415. The second-order valence-corrected chi connectivity index (χ2v) is 4.09. The zero-order chi connectivity index (χ0) is 11.6. The van der Waals surface area contributed by atoms with Gasteiger partial charge in [-0.15, -0.1) is 0 Å². The molecular weight excluding hydrogens is 202 g/mol. The summed E-state index contributed by atoms with van der Waals surface area (Å²) >= 11 is 0. The predicted molar refractivity (Wildman–Crippen MR) is 64.0 cm³/mol. The molecule has 0 aromatic carbocycles. The molecule has 0 saturated carbocycles. The maximum absolute atomic E-state index is 6.35. The first-order valence-corrected chi connectivity index (χ1v) is 5.51. The Morgan fingerprint density at radius 1 is 1.50 bits per heavy atom. The van der Waals surface area contributed by atoms with Crippen molar-refractivity contribution >= 4 is 11.6 Å². The van der Waals surface area contributed by atoms with Crippen molar-refractivity contribution in [1.29, 1.82) is 0 Å². The number of fused-ring (bicyclic) bond motifs is 1. The summed E-state index contributed by atoms with van der Waals surface area (Å²) in [6, 6.07) is 1.90. The number of rotatable bonds is 3. The summed E-state index contributed by atoms with van der Waals surface area (Å²) in [5.74, 6) is 0.360. The number of nitrogens with one attached hydrogen (secondary N) is 1. The van der Waals surface area contributed by atoms with Crippen molar-refractivity contribution in [3.63, 3.8) is 0 Å². The molecule has 0 saturated heterocycles. The number of nitrogens with two attached hydrogens (primary N) is 2. The normalized spacial score (nSPS) is 23.2. The SMILES string of the molecule is CCCCC1(N)NC(N)=Nc2cnccc21. The lowest BCUT2D eigenvalue weighted by atomic mass is 9.93. The van der Waals surface area contributed by atoms with Crippen LogP contribution in [0.5, 0.6) is 0 Å². The third-order valence-corrected chi connectivity index (χ3v) is 2.80. The Labute approximate surface area is 95.0 Å². The van der Waals surface area contributed by atoms with Crippen LogP contribution in [0.1, 0.15) is 31.7 Å². The third kappa shape index (κ3) is 1.86. The third-order valence-electron chi connectivity index (χ3n) is 2.80. The van der Waals surface area contributed by atoms with Crippen molar-refractivity contribution in [2.75, 3.05) is 0 Å². The van der Waals surface area contributed by atoms with Gasteiger partial charge in [-0.1, -0.05) is 13.3 Å². The molecule has 0 spiro atoms. The molecule has 16 heavy (non-hydrogen) atoms. The largest absolute Gasteiger partial charge is 0.370 e. The van der Waals surface area contributed by atoms with E-state index < -0.39 is 5.66 Å². The number of hydrogen-bond acceptors (Lipinski definition) is 5. The summed E-state index contributed by atoms with van der Waals surface area (Å²) in [6.07, 6.45) is 6.38. The molecule has 0 radical (unpaired) electrons. The van der Waals surface area contributed by atoms with Gasteiger partial charge in [-0.2, -0.15) is 0 Å². The summed E-state index contributed by atoms with van der Waals surface area (Å²) < 4.78 is 0. The van der Waals surface area contributed by atoms with Gasteiger partial charge in [0.2, 0.25) is 0 Å². The van der Waals surface area contributed by atoms with Gasteiger partial charge in [0, 0.05) is 11.8 Å². The van der Waals surface area contributed by atoms with Gasteiger partial charge in [0.15, 0.2) is 5.96 Å². The minimum Gasteiger partial charge on any atom is -0.370 e. The smallest absolute Gasteiger partial charge is 0.195 e. The minimum absolute atomic E-state index is 0.360. The summed E-state index contributed by atoms with van der Waals surface area (Å²) in [5.41, 5.74) is 13.2. The van der Waals surface area contributed by atoms with Crippen molar-refractivity contribution < 1.29 is 0 Å². The molecule has 2 heterocycles. The quantitative estimate of drug-likeness (QED) is 0.705. The van der Waals surface area contributed by atoms with Crippen LogP contribution in [0.4, 0.5) is 5.69 Å². The molecule has 0 bridgehead atoms. The lowest BCUT2D eigenvalue weighted by molar-refractivity contribution is 0.358. The molecule has 5 heteroatoms. The van der Waals surface area contributed by atoms with E-state index in [-0.39, 0.29) is 0 Å². The monoisotopic (exact) mass is 219 g/mol. The van der Waals surface area contributed by atoms with Crippen LogP contribution >= 0.6 is 0 Å². The average molecular weight is 219 g/mol. The van der Waals surface area contributed by atoms with Crippen LogP contribution < -0.4 is 16.8 Å². The molecule has 1 unspecified atom stereocenters. The molecule has 1 atom stereocenters. The number of guanidine groups is 1. The molecule has 86 valence electrons. The van der Waals surface area contributed by atoms with Gasteiger partial charge in [-0.05, 0) is 18.9 Å². The van der Waals surface area contributed by atoms with Crippen molar-refractivity contribution in [1.82, 2.24) is 10.3 Å². The predicted octanol–water partition coefficient (Wildman–Crippen LogP) is 0.933. The molecular formula is C11H17N5. The molecule has 1 aliphatic heterocycles. The highest BCUT2D eigenvalue weighted by atomic mass is 15.2. The van der Waals surface area contributed by atoms with Crippen LogP contribution in [0.15, 0.2) is 23.5 Å². The Morgan fingerprint density at radius 2 is 2.31 bits per heavy atom. The first kappa shape index (κ1) is 10.9. The van der Waals surface area contributed by atoms with Crippen LogP contribution in [0, 0.1) is 0 Å². The first-order chi connectivity index (χ1) is 7.65. The molecule has 1 aromatic heterocycles. The van der Waals surface area contributed by atoms with Crippen LogP contribution in [0.2, 0.25) is 0 Å². The number of aromatic nitrogens is 1. The average Bonchev–Trinajstić information content (AvgIpc) is 2.26. The lowest BCUT2D eigenvalue weighted by Crippen LogP contribution is -2.56. The molecule has 5 nitrogen and oxygen atoms in total. The van der Waals surface area contributed by atoms with E-state index in [1.165, 1.54) is 0 Å². The zero-order valence-corrected chi connectivity index (χ0v) is 9.40.